The van der Waals surface area contributed by atoms with E-state index in [9.17, 15) is 9.59 Å². The van der Waals surface area contributed by atoms with Crippen LogP contribution in [0.5, 0.6) is 0 Å². The zero-order valence-corrected chi connectivity index (χ0v) is 16.5. The van der Waals surface area contributed by atoms with Gasteiger partial charge < -0.3 is 16.2 Å². The van der Waals surface area contributed by atoms with Crippen LogP contribution < -0.4 is 11.1 Å². The number of rotatable bonds is 6. The van der Waals surface area contributed by atoms with Gasteiger partial charge >= 0.3 is 5.97 Å². The molecule has 1 amide bonds. The Morgan fingerprint density at radius 1 is 1.21 bits per heavy atom. The van der Waals surface area contributed by atoms with Gasteiger partial charge in [-0.3, -0.25) is 9.59 Å². The number of carbonyl (C=O) groups excluding carboxylic acids is 1. The first kappa shape index (κ1) is 20.2. The Kier molecular flexibility index (Phi) is 6.21. The number of nitrogens with one attached hydrogen (secondary N) is 1. The fourth-order valence-corrected chi connectivity index (χ4v) is 4.10. The van der Waals surface area contributed by atoms with Gasteiger partial charge in [0.15, 0.2) is 0 Å². The highest BCUT2D eigenvalue weighted by Gasteiger charge is 2.32. The topological polar surface area (TPSA) is 109 Å². The molecule has 148 valence electrons. The second-order valence-corrected chi connectivity index (χ2v) is 8.33. The summed E-state index contributed by atoms with van der Waals surface area (Å²) in [6.07, 6.45) is 3.74. The summed E-state index contributed by atoms with van der Waals surface area (Å²) < 4.78 is 2.31. The van der Waals surface area contributed by atoms with E-state index < -0.39 is 18.4 Å². The van der Waals surface area contributed by atoms with Gasteiger partial charge in [0.1, 0.15) is 12.2 Å². The second kappa shape index (κ2) is 8.62. The Morgan fingerprint density at radius 2 is 1.89 bits per heavy atom. The van der Waals surface area contributed by atoms with E-state index in [4.69, 9.17) is 10.8 Å². The van der Waals surface area contributed by atoms with Crippen LogP contribution in [0.3, 0.4) is 0 Å². The molecule has 1 aromatic heterocycles. The number of pyridine rings is 1. The van der Waals surface area contributed by atoms with Crippen molar-refractivity contribution in [2.45, 2.75) is 30.1 Å². The number of carboxylic acids is 1. The number of anilines is 1. The van der Waals surface area contributed by atoms with Crippen molar-refractivity contribution in [3.05, 3.63) is 53.9 Å². The molecular weight excluding hydrogens is 376 g/mol. The number of hydrogen-bond acceptors (Lipinski definition) is 6. The zero-order valence-electron chi connectivity index (χ0n) is 15.7. The Labute approximate surface area is 168 Å². The number of carbonyl (C=O) groups is 2. The molecule has 2 aromatic rings. The summed E-state index contributed by atoms with van der Waals surface area (Å²) in [4.78, 5) is 27.4. The van der Waals surface area contributed by atoms with Crippen molar-refractivity contribution in [2.75, 3.05) is 25.4 Å². The van der Waals surface area contributed by atoms with Crippen LogP contribution in [-0.2, 0) is 10.2 Å². The van der Waals surface area contributed by atoms with Crippen LogP contribution in [0.1, 0.15) is 35.8 Å². The lowest BCUT2D eigenvalue weighted by Crippen LogP contribution is -2.37. The quantitative estimate of drug-likeness (QED) is 0.505. The van der Waals surface area contributed by atoms with Crippen LogP contribution >= 0.6 is 11.9 Å². The van der Waals surface area contributed by atoms with Gasteiger partial charge in [-0.1, -0.05) is 19.1 Å². The number of piperidine rings is 1. The third-order valence-electron chi connectivity index (χ3n) is 5.04. The van der Waals surface area contributed by atoms with Crippen LogP contribution in [-0.4, -0.2) is 45.9 Å². The molecule has 1 saturated heterocycles. The number of benzene rings is 1. The molecule has 0 unspecified atom stereocenters. The summed E-state index contributed by atoms with van der Waals surface area (Å²) in [6.45, 7) is 3.78. The van der Waals surface area contributed by atoms with Crippen LogP contribution in [0.15, 0.2) is 47.5 Å². The molecule has 8 heteroatoms. The second-order valence-electron chi connectivity index (χ2n) is 7.16. The largest absolute Gasteiger partial charge is 0.480 e. The fourth-order valence-electron chi connectivity index (χ4n) is 3.21. The highest BCUT2D eigenvalue weighted by Crippen LogP contribution is 2.38. The van der Waals surface area contributed by atoms with Crippen LogP contribution in [0.2, 0.25) is 0 Å². The number of aromatic nitrogens is 1. The zero-order chi connectivity index (χ0) is 20.1. The van der Waals surface area contributed by atoms with Crippen molar-refractivity contribution in [2.24, 2.45) is 0 Å². The molecular formula is C20H24N4O3S. The maximum atomic E-state index is 11.8. The third-order valence-corrected chi connectivity index (χ3v) is 6.11. The van der Waals surface area contributed by atoms with Crippen molar-refractivity contribution >= 4 is 29.5 Å². The monoisotopic (exact) mass is 400 g/mol. The SMILES string of the molecule is CC1(c2ccc(N)cc2)CCN(Sc2ccc(C(=O)NCC(=O)O)nc2)CC1. The standard InChI is InChI=1S/C20H24N4O3S/c1-20(14-2-4-15(21)5-3-14)8-10-24(11-9-20)28-16-6-7-17(22-12-16)19(27)23-13-18(25)26/h2-7,12H,8-11,13,21H2,1H3,(H,23,27)(H,25,26). The number of carboxylic acid groups (broad SMARTS) is 1. The van der Waals surface area contributed by atoms with E-state index in [1.54, 1.807) is 24.2 Å². The highest BCUT2D eigenvalue weighted by molar-refractivity contribution is 7.97. The summed E-state index contributed by atoms with van der Waals surface area (Å²) in [5.41, 5.74) is 8.26. The Balaban J connectivity index is 1.54. The predicted molar refractivity (Wildman–Crippen MR) is 109 cm³/mol. The molecule has 4 N–H and O–H groups in total. The first-order valence-electron chi connectivity index (χ1n) is 9.11. The number of hydrogen-bond donors (Lipinski definition) is 3. The van der Waals surface area contributed by atoms with Gasteiger partial charge in [0.25, 0.3) is 5.91 Å². The van der Waals surface area contributed by atoms with Crippen molar-refractivity contribution in [3.63, 3.8) is 0 Å². The molecule has 0 atom stereocenters. The molecule has 0 bridgehead atoms. The van der Waals surface area contributed by atoms with E-state index in [2.05, 4.69) is 33.7 Å². The molecule has 7 nitrogen and oxygen atoms in total. The van der Waals surface area contributed by atoms with Gasteiger partial charge in [0, 0.05) is 29.9 Å². The number of aliphatic carboxylic acids is 1. The predicted octanol–water partition coefficient (Wildman–Crippen LogP) is 2.54. The molecule has 1 aliphatic heterocycles. The summed E-state index contributed by atoms with van der Waals surface area (Å²) >= 11 is 1.63. The first-order valence-corrected chi connectivity index (χ1v) is 9.88. The van der Waals surface area contributed by atoms with Crippen LogP contribution in [0, 0.1) is 0 Å². The van der Waals surface area contributed by atoms with E-state index >= 15 is 0 Å². The molecule has 0 aliphatic carbocycles. The maximum absolute atomic E-state index is 11.8. The molecule has 1 aliphatic rings. The third kappa shape index (κ3) is 5.02. The maximum Gasteiger partial charge on any atom is 0.322 e. The fraction of sp³-hybridized carbons (Fsp3) is 0.350. The van der Waals surface area contributed by atoms with Gasteiger partial charge in [-0.05, 0) is 60.0 Å². The molecule has 0 spiro atoms. The molecule has 28 heavy (non-hydrogen) atoms. The summed E-state index contributed by atoms with van der Waals surface area (Å²) in [6, 6.07) is 11.6. The van der Waals surface area contributed by atoms with Crippen molar-refractivity contribution in [1.82, 2.24) is 14.6 Å². The van der Waals surface area contributed by atoms with Gasteiger partial charge in [0.05, 0.1) is 0 Å². The minimum absolute atomic E-state index is 0.148. The lowest BCUT2D eigenvalue weighted by molar-refractivity contribution is -0.135. The molecule has 0 radical (unpaired) electrons. The summed E-state index contributed by atoms with van der Waals surface area (Å²) in [7, 11) is 0. The van der Waals surface area contributed by atoms with Crippen LogP contribution in [0.4, 0.5) is 5.69 Å². The molecule has 0 saturated carbocycles. The number of nitrogen functional groups attached to an aromatic ring is 1. The summed E-state index contributed by atoms with van der Waals surface area (Å²) in [5, 5.41) is 10.9. The van der Waals surface area contributed by atoms with Crippen molar-refractivity contribution in [1.29, 1.82) is 0 Å². The van der Waals surface area contributed by atoms with E-state index in [1.807, 2.05) is 18.2 Å². The van der Waals surface area contributed by atoms with E-state index in [0.717, 1.165) is 36.5 Å². The van der Waals surface area contributed by atoms with Gasteiger partial charge in [-0.2, -0.15) is 0 Å². The smallest absolute Gasteiger partial charge is 0.322 e. The number of nitrogens with zero attached hydrogens (tertiary/aromatic N) is 2. The Hall–Kier alpha value is -2.58. The number of amides is 1. The normalized spacial score (nSPS) is 16.5. The van der Waals surface area contributed by atoms with Gasteiger partial charge in [0.2, 0.25) is 0 Å². The minimum Gasteiger partial charge on any atom is -0.480 e. The Bertz CT molecular complexity index is 832. The van der Waals surface area contributed by atoms with Gasteiger partial charge in [-0.25, -0.2) is 9.29 Å². The summed E-state index contributed by atoms with van der Waals surface area (Å²) in [5.74, 6) is -1.58. The lowest BCUT2D eigenvalue weighted by atomic mass is 9.75. The van der Waals surface area contributed by atoms with Crippen LogP contribution in [0.25, 0.3) is 0 Å². The molecule has 1 fully saturated rings. The Morgan fingerprint density at radius 3 is 2.46 bits per heavy atom. The van der Waals surface area contributed by atoms with Crippen molar-refractivity contribution in [3.8, 4) is 0 Å². The average molecular weight is 401 g/mol. The first-order chi connectivity index (χ1) is 13.4. The highest BCUT2D eigenvalue weighted by atomic mass is 32.2. The van der Waals surface area contributed by atoms with Crippen molar-refractivity contribution < 1.29 is 14.7 Å². The average Bonchev–Trinajstić information content (AvgIpc) is 2.69. The lowest BCUT2D eigenvalue weighted by Gasteiger charge is -2.39. The van der Waals surface area contributed by atoms with E-state index in [-0.39, 0.29) is 11.1 Å². The molecule has 3 rings (SSSR count). The molecule has 1 aromatic carbocycles. The minimum atomic E-state index is -1.09. The number of nitrogens with two attached hydrogens (primary N) is 1. The molecule has 2 heterocycles. The van der Waals surface area contributed by atoms with E-state index in [0.29, 0.717) is 0 Å². The van der Waals surface area contributed by atoms with E-state index in [1.165, 1.54) is 5.56 Å². The van der Waals surface area contributed by atoms with Gasteiger partial charge in [-0.15, -0.1) is 0 Å².